The maximum atomic E-state index is 13.1. The molecule has 0 spiro atoms. The summed E-state index contributed by atoms with van der Waals surface area (Å²) in [7, 11) is 1.45. The van der Waals surface area contributed by atoms with E-state index in [0.29, 0.717) is 25.0 Å². The van der Waals surface area contributed by atoms with Crippen LogP contribution >= 0.6 is 0 Å². The van der Waals surface area contributed by atoms with Gasteiger partial charge in [0, 0.05) is 38.5 Å². The predicted molar refractivity (Wildman–Crippen MR) is 79.7 cm³/mol. The Hall–Kier alpha value is -2.49. The lowest BCUT2D eigenvalue weighted by atomic mass is 10.00. The summed E-state index contributed by atoms with van der Waals surface area (Å²) in [6.07, 6.45) is -1.11. The van der Waals surface area contributed by atoms with Crippen molar-refractivity contribution in [3.05, 3.63) is 41.7 Å². The molecule has 2 atom stereocenters. The zero-order chi connectivity index (χ0) is 18.0. The maximum Gasteiger partial charge on any atom is 0.418 e. The number of halogens is 3. The molecule has 1 aliphatic heterocycles. The summed E-state index contributed by atoms with van der Waals surface area (Å²) in [5.74, 6) is -0.179. The van der Waals surface area contributed by atoms with Gasteiger partial charge in [-0.2, -0.15) is 18.3 Å². The van der Waals surface area contributed by atoms with Gasteiger partial charge in [0.1, 0.15) is 12.2 Å². The van der Waals surface area contributed by atoms with Crippen molar-refractivity contribution in [1.29, 1.82) is 0 Å². The van der Waals surface area contributed by atoms with Crippen molar-refractivity contribution in [2.24, 2.45) is 0 Å². The Morgan fingerprint density at radius 1 is 1.48 bits per heavy atom. The molecule has 0 unspecified atom stereocenters. The third-order valence-corrected chi connectivity index (χ3v) is 4.15. The lowest BCUT2D eigenvalue weighted by Gasteiger charge is -2.25. The van der Waals surface area contributed by atoms with E-state index in [0.717, 1.165) is 6.07 Å². The molecule has 1 aliphatic rings. The Morgan fingerprint density at radius 3 is 2.96 bits per heavy atom. The Balaban J connectivity index is 1.76. The number of pyridine rings is 1. The Labute approximate surface area is 141 Å². The Kier molecular flexibility index (Phi) is 4.71. The number of nitrogens with one attached hydrogen (secondary N) is 1. The van der Waals surface area contributed by atoms with Crippen molar-refractivity contribution in [1.82, 2.24) is 25.1 Å². The molecular weight excluding hydrogens is 339 g/mol. The minimum absolute atomic E-state index is 0.0859. The SMILES string of the molecule is CN(C[C@H]1OCC[C@H]1c1ncn[nH]1)C(=O)c1ccncc1C(F)(F)F. The van der Waals surface area contributed by atoms with Crippen LogP contribution in [0.4, 0.5) is 13.2 Å². The van der Waals surface area contributed by atoms with Crippen molar-refractivity contribution < 1.29 is 22.7 Å². The van der Waals surface area contributed by atoms with E-state index in [1.807, 2.05) is 0 Å². The molecule has 1 amide bonds. The highest BCUT2D eigenvalue weighted by atomic mass is 19.4. The molecule has 2 aromatic rings. The Bertz CT molecular complexity index is 735. The summed E-state index contributed by atoms with van der Waals surface area (Å²) >= 11 is 0. The van der Waals surface area contributed by atoms with Crippen LogP contribution in [0.5, 0.6) is 0 Å². The molecule has 1 saturated heterocycles. The summed E-state index contributed by atoms with van der Waals surface area (Å²) in [5.41, 5.74) is -1.48. The smallest absolute Gasteiger partial charge is 0.376 e. The van der Waals surface area contributed by atoms with Crippen LogP contribution in [0.2, 0.25) is 0 Å². The van der Waals surface area contributed by atoms with Gasteiger partial charge in [-0.3, -0.25) is 14.9 Å². The van der Waals surface area contributed by atoms with E-state index in [9.17, 15) is 18.0 Å². The van der Waals surface area contributed by atoms with Crippen LogP contribution in [0, 0.1) is 0 Å². The third-order valence-electron chi connectivity index (χ3n) is 4.15. The minimum atomic E-state index is -4.65. The summed E-state index contributed by atoms with van der Waals surface area (Å²) < 4.78 is 44.8. The topological polar surface area (TPSA) is 84.0 Å². The lowest BCUT2D eigenvalue weighted by molar-refractivity contribution is -0.138. The van der Waals surface area contributed by atoms with Gasteiger partial charge in [-0.25, -0.2) is 4.98 Å². The van der Waals surface area contributed by atoms with Gasteiger partial charge < -0.3 is 9.64 Å². The monoisotopic (exact) mass is 355 g/mol. The predicted octanol–water partition coefficient (Wildman–Crippen LogP) is 1.86. The number of nitrogens with zero attached hydrogens (tertiary/aromatic N) is 4. The number of rotatable bonds is 4. The summed E-state index contributed by atoms with van der Waals surface area (Å²) in [5, 5.41) is 6.57. The highest BCUT2D eigenvalue weighted by Gasteiger charge is 2.38. The van der Waals surface area contributed by atoms with Crippen LogP contribution in [0.25, 0.3) is 0 Å². The first kappa shape index (κ1) is 17.3. The third kappa shape index (κ3) is 3.63. The van der Waals surface area contributed by atoms with Gasteiger partial charge in [-0.15, -0.1) is 0 Å². The fourth-order valence-corrected chi connectivity index (χ4v) is 2.90. The first-order chi connectivity index (χ1) is 11.9. The van der Waals surface area contributed by atoms with E-state index >= 15 is 0 Å². The molecule has 3 heterocycles. The van der Waals surface area contributed by atoms with Crippen LogP contribution in [0.15, 0.2) is 24.8 Å². The molecule has 0 bridgehead atoms. The van der Waals surface area contributed by atoms with E-state index in [-0.39, 0.29) is 18.6 Å². The van der Waals surface area contributed by atoms with Crippen molar-refractivity contribution in [2.45, 2.75) is 24.6 Å². The number of aromatic nitrogens is 4. The molecule has 0 radical (unpaired) electrons. The molecular formula is C15H16F3N5O2. The zero-order valence-electron chi connectivity index (χ0n) is 13.3. The van der Waals surface area contributed by atoms with Gasteiger partial charge in [-0.05, 0) is 12.5 Å². The van der Waals surface area contributed by atoms with Crippen LogP contribution in [-0.2, 0) is 10.9 Å². The average Bonchev–Trinajstić information content (AvgIpc) is 3.24. The normalized spacial score (nSPS) is 20.6. The first-order valence-electron chi connectivity index (χ1n) is 7.61. The summed E-state index contributed by atoms with van der Waals surface area (Å²) in [6, 6.07) is 1.07. The molecule has 2 aromatic heterocycles. The summed E-state index contributed by atoms with van der Waals surface area (Å²) in [6.45, 7) is 0.630. The second kappa shape index (κ2) is 6.79. The van der Waals surface area contributed by atoms with E-state index in [1.54, 1.807) is 0 Å². The quantitative estimate of drug-likeness (QED) is 0.905. The number of hydrogen-bond acceptors (Lipinski definition) is 5. The molecule has 134 valence electrons. The van der Waals surface area contributed by atoms with Gasteiger partial charge in [0.05, 0.1) is 17.2 Å². The van der Waals surface area contributed by atoms with Gasteiger partial charge in [-0.1, -0.05) is 0 Å². The first-order valence-corrected chi connectivity index (χ1v) is 7.61. The van der Waals surface area contributed by atoms with Crippen LogP contribution in [0.1, 0.15) is 34.1 Å². The number of likely N-dealkylation sites (N-methyl/N-ethyl adjacent to an activating group) is 1. The number of aromatic amines is 1. The van der Waals surface area contributed by atoms with E-state index in [4.69, 9.17) is 4.74 Å². The van der Waals surface area contributed by atoms with Crippen LogP contribution in [0.3, 0.4) is 0 Å². The molecule has 10 heteroatoms. The molecule has 1 N–H and O–H groups in total. The fourth-order valence-electron chi connectivity index (χ4n) is 2.90. The number of carbonyl (C=O) groups excluding carboxylic acids is 1. The van der Waals surface area contributed by atoms with Crippen molar-refractivity contribution in [2.75, 3.05) is 20.2 Å². The number of alkyl halides is 3. The van der Waals surface area contributed by atoms with Crippen LogP contribution in [-0.4, -0.2) is 57.3 Å². The number of hydrogen-bond donors (Lipinski definition) is 1. The highest BCUT2D eigenvalue weighted by molar-refractivity contribution is 5.95. The number of amides is 1. The number of H-pyrrole nitrogens is 1. The standard InChI is InChI=1S/C15H16F3N5O2/c1-23(7-12-10(3-5-25-12)13-20-8-21-22-13)14(24)9-2-4-19-6-11(9)15(16,17)18/h2,4,6,8,10,12H,3,5,7H2,1H3,(H,20,21,22)/t10-,12-/m1/s1. The summed E-state index contributed by atoms with van der Waals surface area (Å²) in [4.78, 5) is 21.3. The van der Waals surface area contributed by atoms with Crippen molar-refractivity contribution >= 4 is 5.91 Å². The van der Waals surface area contributed by atoms with E-state index in [1.165, 1.54) is 24.5 Å². The Morgan fingerprint density at radius 2 is 2.28 bits per heavy atom. The second-order valence-electron chi connectivity index (χ2n) is 5.78. The molecule has 0 saturated carbocycles. The molecule has 7 nitrogen and oxygen atoms in total. The number of carbonyl (C=O) groups is 1. The van der Waals surface area contributed by atoms with Gasteiger partial charge in [0.2, 0.25) is 0 Å². The van der Waals surface area contributed by atoms with Gasteiger partial charge >= 0.3 is 6.18 Å². The van der Waals surface area contributed by atoms with Crippen molar-refractivity contribution in [3.63, 3.8) is 0 Å². The zero-order valence-corrected chi connectivity index (χ0v) is 13.3. The molecule has 0 aromatic carbocycles. The van der Waals surface area contributed by atoms with Gasteiger partial charge in [0.15, 0.2) is 0 Å². The lowest BCUT2D eigenvalue weighted by Crippen LogP contribution is -2.37. The molecule has 3 rings (SSSR count). The minimum Gasteiger partial charge on any atom is -0.376 e. The van der Waals surface area contributed by atoms with Crippen molar-refractivity contribution in [3.8, 4) is 0 Å². The van der Waals surface area contributed by atoms with E-state index < -0.39 is 23.2 Å². The largest absolute Gasteiger partial charge is 0.418 e. The maximum absolute atomic E-state index is 13.1. The molecule has 0 aliphatic carbocycles. The number of ether oxygens (including phenoxy) is 1. The molecule has 1 fully saturated rings. The average molecular weight is 355 g/mol. The highest BCUT2D eigenvalue weighted by Crippen LogP contribution is 2.33. The molecule has 25 heavy (non-hydrogen) atoms. The second-order valence-corrected chi connectivity index (χ2v) is 5.78. The fraction of sp³-hybridized carbons (Fsp3) is 0.467. The van der Waals surface area contributed by atoms with E-state index in [2.05, 4.69) is 20.2 Å². The van der Waals surface area contributed by atoms with Gasteiger partial charge in [0.25, 0.3) is 5.91 Å². The van der Waals surface area contributed by atoms with Crippen LogP contribution < -0.4 is 0 Å².